The number of aliphatic hydroxyl groups excluding tert-OH is 1. The van der Waals surface area contributed by atoms with Gasteiger partial charge >= 0.3 is 6.03 Å². The van der Waals surface area contributed by atoms with E-state index in [4.69, 9.17) is 9.84 Å². The molecule has 1 aromatic rings. The molecule has 1 fully saturated rings. The molecule has 0 spiro atoms. The van der Waals surface area contributed by atoms with Gasteiger partial charge in [-0.2, -0.15) is 0 Å². The number of hydrogen-bond acceptors (Lipinski definition) is 3. The van der Waals surface area contributed by atoms with Crippen molar-refractivity contribution >= 4 is 11.7 Å². The van der Waals surface area contributed by atoms with Crippen LogP contribution in [-0.4, -0.2) is 48.4 Å². The van der Waals surface area contributed by atoms with Gasteiger partial charge in [-0.3, -0.25) is 0 Å². The van der Waals surface area contributed by atoms with E-state index < -0.39 is 0 Å². The van der Waals surface area contributed by atoms with Crippen LogP contribution in [0.3, 0.4) is 0 Å². The van der Waals surface area contributed by atoms with Crippen LogP contribution in [0.5, 0.6) is 0 Å². The maximum absolute atomic E-state index is 13.0. The molecule has 1 heterocycles. The minimum atomic E-state index is -0.376. The van der Waals surface area contributed by atoms with Crippen LogP contribution in [0.2, 0.25) is 0 Å². The van der Waals surface area contributed by atoms with Gasteiger partial charge in [0.15, 0.2) is 0 Å². The Kier molecular flexibility index (Phi) is 5.31. The zero-order valence-electron chi connectivity index (χ0n) is 11.2. The van der Waals surface area contributed by atoms with Gasteiger partial charge < -0.3 is 20.1 Å². The number of nitrogens with one attached hydrogen (secondary N) is 1. The second-order valence-corrected chi connectivity index (χ2v) is 4.72. The molecular weight excluding hydrogens is 263 g/mol. The van der Waals surface area contributed by atoms with E-state index in [0.29, 0.717) is 25.4 Å². The lowest BCUT2D eigenvalue weighted by atomic mass is 10.1. The lowest BCUT2D eigenvalue weighted by molar-refractivity contribution is -0.000875. The second-order valence-electron chi connectivity index (χ2n) is 4.72. The molecule has 1 aromatic carbocycles. The third-order valence-electron chi connectivity index (χ3n) is 3.25. The van der Waals surface area contributed by atoms with Crippen LogP contribution in [0, 0.1) is 5.82 Å². The summed E-state index contributed by atoms with van der Waals surface area (Å²) in [5.41, 5.74) is 0.452. The second kappa shape index (κ2) is 7.21. The Balaban J connectivity index is 1.80. The van der Waals surface area contributed by atoms with Gasteiger partial charge in [0.25, 0.3) is 0 Å². The fraction of sp³-hybridized carbons (Fsp3) is 0.500. The van der Waals surface area contributed by atoms with Gasteiger partial charge in [-0.05, 0) is 31.0 Å². The molecule has 110 valence electrons. The van der Waals surface area contributed by atoms with E-state index in [1.807, 2.05) is 0 Å². The molecule has 0 radical (unpaired) electrons. The Morgan fingerprint density at radius 2 is 2.20 bits per heavy atom. The molecule has 20 heavy (non-hydrogen) atoms. The van der Waals surface area contributed by atoms with E-state index >= 15 is 0 Å². The Hall–Kier alpha value is -1.66. The zero-order valence-corrected chi connectivity index (χ0v) is 11.2. The molecule has 1 aliphatic heterocycles. The third-order valence-corrected chi connectivity index (χ3v) is 3.25. The number of anilines is 1. The maximum Gasteiger partial charge on any atom is 0.321 e. The lowest BCUT2D eigenvalue weighted by Gasteiger charge is -2.31. The molecule has 0 bridgehead atoms. The Labute approximate surface area is 117 Å². The van der Waals surface area contributed by atoms with Crippen LogP contribution in [0.1, 0.15) is 12.8 Å². The summed E-state index contributed by atoms with van der Waals surface area (Å²) in [5.74, 6) is -0.376. The number of ether oxygens (including phenoxy) is 1. The first-order chi connectivity index (χ1) is 9.69. The number of likely N-dealkylation sites (tertiary alicyclic amines) is 1. The minimum absolute atomic E-state index is 0.0142. The molecule has 0 atom stereocenters. The molecule has 2 amide bonds. The van der Waals surface area contributed by atoms with Crippen molar-refractivity contribution in [2.24, 2.45) is 0 Å². The first-order valence-electron chi connectivity index (χ1n) is 6.73. The summed E-state index contributed by atoms with van der Waals surface area (Å²) < 4.78 is 18.5. The molecule has 2 rings (SSSR count). The first-order valence-corrected chi connectivity index (χ1v) is 6.73. The number of benzene rings is 1. The van der Waals surface area contributed by atoms with Crippen LogP contribution in [-0.2, 0) is 4.74 Å². The first kappa shape index (κ1) is 14.7. The van der Waals surface area contributed by atoms with E-state index in [9.17, 15) is 9.18 Å². The van der Waals surface area contributed by atoms with E-state index in [2.05, 4.69) is 5.32 Å². The van der Waals surface area contributed by atoms with Crippen LogP contribution in [0.25, 0.3) is 0 Å². The molecule has 0 unspecified atom stereocenters. The lowest BCUT2D eigenvalue weighted by Crippen LogP contribution is -2.43. The van der Waals surface area contributed by atoms with Gasteiger partial charge in [-0.15, -0.1) is 0 Å². The number of piperidine rings is 1. The summed E-state index contributed by atoms with van der Waals surface area (Å²) in [5, 5.41) is 11.4. The van der Waals surface area contributed by atoms with Crippen molar-refractivity contribution in [1.82, 2.24) is 4.90 Å². The van der Waals surface area contributed by atoms with Crippen LogP contribution in [0.4, 0.5) is 14.9 Å². The van der Waals surface area contributed by atoms with E-state index in [1.165, 1.54) is 12.1 Å². The van der Waals surface area contributed by atoms with Crippen molar-refractivity contribution in [1.29, 1.82) is 0 Å². The van der Waals surface area contributed by atoms with Crippen molar-refractivity contribution in [2.75, 3.05) is 31.6 Å². The number of urea groups is 1. The van der Waals surface area contributed by atoms with Crippen LogP contribution < -0.4 is 5.32 Å². The van der Waals surface area contributed by atoms with Crippen molar-refractivity contribution in [3.63, 3.8) is 0 Å². The summed E-state index contributed by atoms with van der Waals surface area (Å²) in [7, 11) is 0. The fourth-order valence-electron chi connectivity index (χ4n) is 2.21. The molecule has 1 saturated heterocycles. The molecule has 0 saturated carbocycles. The Bertz CT molecular complexity index is 448. The van der Waals surface area contributed by atoms with Crippen molar-refractivity contribution in [2.45, 2.75) is 18.9 Å². The quantitative estimate of drug-likeness (QED) is 0.885. The Morgan fingerprint density at radius 1 is 1.45 bits per heavy atom. The largest absolute Gasteiger partial charge is 0.394 e. The highest BCUT2D eigenvalue weighted by molar-refractivity contribution is 5.89. The molecule has 0 aliphatic carbocycles. The number of amides is 2. The summed E-state index contributed by atoms with van der Waals surface area (Å²) in [4.78, 5) is 13.7. The van der Waals surface area contributed by atoms with Gasteiger partial charge in [0.05, 0.1) is 19.3 Å². The van der Waals surface area contributed by atoms with E-state index in [1.54, 1.807) is 17.0 Å². The molecule has 0 aromatic heterocycles. The Morgan fingerprint density at radius 3 is 2.85 bits per heavy atom. The van der Waals surface area contributed by atoms with Crippen LogP contribution in [0.15, 0.2) is 24.3 Å². The monoisotopic (exact) mass is 282 g/mol. The van der Waals surface area contributed by atoms with Crippen molar-refractivity contribution in [3.8, 4) is 0 Å². The molecule has 6 heteroatoms. The smallest absolute Gasteiger partial charge is 0.321 e. The normalized spacial score (nSPS) is 16.2. The number of hydrogen-bond donors (Lipinski definition) is 2. The molecule has 2 N–H and O–H groups in total. The standard InChI is InChI=1S/C14H19FN2O3/c15-11-2-1-3-12(10-11)16-14(19)17-6-4-13(5-7-17)20-9-8-18/h1-3,10,13,18H,4-9H2,(H,16,19). The van der Waals surface area contributed by atoms with E-state index in [-0.39, 0.29) is 24.6 Å². The zero-order chi connectivity index (χ0) is 14.4. The number of nitrogens with zero attached hydrogens (tertiary/aromatic N) is 1. The average molecular weight is 282 g/mol. The van der Waals surface area contributed by atoms with Crippen LogP contribution >= 0.6 is 0 Å². The van der Waals surface area contributed by atoms with Gasteiger partial charge in [-0.1, -0.05) is 6.07 Å². The maximum atomic E-state index is 13.0. The highest BCUT2D eigenvalue weighted by atomic mass is 19.1. The highest BCUT2D eigenvalue weighted by Gasteiger charge is 2.23. The van der Waals surface area contributed by atoms with Gasteiger partial charge in [0.2, 0.25) is 0 Å². The van der Waals surface area contributed by atoms with Crippen molar-refractivity contribution in [3.05, 3.63) is 30.1 Å². The van der Waals surface area contributed by atoms with Crippen molar-refractivity contribution < 1.29 is 19.0 Å². The summed E-state index contributed by atoms with van der Waals surface area (Å²) >= 11 is 0. The predicted molar refractivity (Wildman–Crippen MR) is 73.1 cm³/mol. The summed E-state index contributed by atoms with van der Waals surface area (Å²) in [6.45, 7) is 1.54. The fourth-order valence-corrected chi connectivity index (χ4v) is 2.21. The number of rotatable bonds is 4. The average Bonchev–Trinajstić information content (AvgIpc) is 2.45. The third kappa shape index (κ3) is 4.18. The molecular formula is C14H19FN2O3. The molecule has 5 nitrogen and oxygen atoms in total. The number of aliphatic hydroxyl groups is 1. The number of halogens is 1. The molecule has 1 aliphatic rings. The topological polar surface area (TPSA) is 61.8 Å². The van der Waals surface area contributed by atoms with Gasteiger partial charge in [-0.25, -0.2) is 9.18 Å². The van der Waals surface area contributed by atoms with E-state index in [0.717, 1.165) is 12.8 Å². The summed E-state index contributed by atoms with van der Waals surface area (Å²) in [6.07, 6.45) is 1.59. The van der Waals surface area contributed by atoms with Gasteiger partial charge in [0.1, 0.15) is 5.82 Å². The highest BCUT2D eigenvalue weighted by Crippen LogP contribution is 2.16. The number of carbonyl (C=O) groups excluding carboxylic acids is 1. The predicted octanol–water partition coefficient (Wildman–Crippen LogP) is 1.83. The summed E-state index contributed by atoms with van der Waals surface area (Å²) in [6, 6.07) is 5.60. The SMILES string of the molecule is O=C(Nc1cccc(F)c1)N1CCC(OCCO)CC1. The minimum Gasteiger partial charge on any atom is -0.394 e. The van der Waals surface area contributed by atoms with Gasteiger partial charge in [0, 0.05) is 18.8 Å². The number of carbonyl (C=O) groups is 1.